The lowest BCUT2D eigenvalue weighted by Crippen LogP contribution is -2.30. The van der Waals surface area contributed by atoms with Crippen LogP contribution < -0.4 is 5.56 Å². The van der Waals surface area contributed by atoms with Gasteiger partial charge < -0.3 is 4.42 Å². The van der Waals surface area contributed by atoms with Crippen LogP contribution in [0, 0.1) is 0 Å². The minimum Gasteiger partial charge on any atom is -0.467 e. The van der Waals surface area contributed by atoms with Crippen molar-refractivity contribution < 1.29 is 4.42 Å². The third kappa shape index (κ3) is 5.42. The Morgan fingerprint density at radius 2 is 1.80 bits per heavy atom. The molecule has 4 aromatic heterocycles. The summed E-state index contributed by atoms with van der Waals surface area (Å²) >= 11 is 9.32. The van der Waals surface area contributed by atoms with Crippen LogP contribution in [0.5, 0.6) is 0 Å². The Hall–Kier alpha value is -3.50. The maximum Gasteiger partial charge on any atom is 0.262 e. The number of rotatable bonds is 7. The van der Waals surface area contributed by atoms with Crippen LogP contribution in [0.4, 0.5) is 0 Å². The van der Waals surface area contributed by atoms with Crippen molar-refractivity contribution in [2.75, 3.05) is 13.1 Å². The number of furan rings is 1. The molecule has 7 rings (SSSR count). The first-order valence-electron chi connectivity index (χ1n) is 13.6. The molecule has 0 radical (unpaired) electrons. The lowest BCUT2D eigenvalue weighted by atomic mass is 10.1. The largest absolute Gasteiger partial charge is 0.467 e. The number of hydrogen-bond acceptors (Lipinski definition) is 8. The molecule has 1 aliphatic heterocycles. The van der Waals surface area contributed by atoms with Crippen molar-refractivity contribution in [2.45, 2.75) is 42.5 Å². The van der Waals surface area contributed by atoms with Crippen LogP contribution in [-0.2, 0) is 13.1 Å². The zero-order valence-corrected chi connectivity index (χ0v) is 24.5. The number of fused-ring (bicyclic) bond motifs is 2. The second kappa shape index (κ2) is 11.4. The number of hydrogen-bond donors (Lipinski definition) is 0. The zero-order valence-electron chi connectivity index (χ0n) is 22.1. The van der Waals surface area contributed by atoms with Gasteiger partial charge in [0.2, 0.25) is 0 Å². The summed E-state index contributed by atoms with van der Waals surface area (Å²) in [6, 6.07) is 19.1. The van der Waals surface area contributed by atoms with Gasteiger partial charge in [0.05, 0.1) is 35.6 Å². The number of likely N-dealkylation sites (tertiary alicyclic amines) is 1. The predicted molar refractivity (Wildman–Crippen MR) is 165 cm³/mol. The molecule has 0 N–H and O–H groups in total. The van der Waals surface area contributed by atoms with E-state index in [0.29, 0.717) is 33.4 Å². The topological polar surface area (TPSA) is 77.1 Å². The summed E-state index contributed by atoms with van der Waals surface area (Å²) in [7, 11) is 0. The van der Waals surface area contributed by atoms with E-state index in [0.717, 1.165) is 45.3 Å². The first kappa shape index (κ1) is 26.4. The molecule has 206 valence electrons. The highest BCUT2D eigenvalue weighted by Gasteiger charge is 2.22. The minimum atomic E-state index is -0.155. The molecule has 2 aromatic carbocycles. The second-order valence-electron chi connectivity index (χ2n) is 10.1. The summed E-state index contributed by atoms with van der Waals surface area (Å²) < 4.78 is 7.28. The summed E-state index contributed by atoms with van der Waals surface area (Å²) in [5, 5.41) is 5.45. The number of aromatic nitrogens is 4. The molecule has 0 saturated carbocycles. The Kier molecular flexibility index (Phi) is 7.35. The minimum absolute atomic E-state index is 0.155. The van der Waals surface area contributed by atoms with Crippen LogP contribution in [0.3, 0.4) is 0 Å². The first-order valence-corrected chi connectivity index (χ1v) is 15.7. The number of nitrogens with zero attached hydrogens (tertiary/aromatic N) is 5. The van der Waals surface area contributed by atoms with Crippen molar-refractivity contribution in [2.24, 2.45) is 0 Å². The Morgan fingerprint density at radius 3 is 2.61 bits per heavy atom. The van der Waals surface area contributed by atoms with E-state index in [1.165, 1.54) is 31.0 Å². The molecule has 0 amide bonds. The Labute approximate surface area is 249 Å². The molecule has 1 aliphatic rings. The van der Waals surface area contributed by atoms with Gasteiger partial charge in [0.25, 0.3) is 5.56 Å². The maximum atomic E-state index is 13.8. The van der Waals surface area contributed by atoms with E-state index in [2.05, 4.69) is 22.4 Å². The van der Waals surface area contributed by atoms with Crippen molar-refractivity contribution in [3.05, 3.63) is 99.3 Å². The highest BCUT2D eigenvalue weighted by molar-refractivity contribution is 7.99. The van der Waals surface area contributed by atoms with Gasteiger partial charge >= 0.3 is 0 Å². The van der Waals surface area contributed by atoms with E-state index < -0.39 is 0 Å². The molecule has 6 aromatic rings. The molecule has 1 saturated heterocycles. The van der Waals surface area contributed by atoms with Gasteiger partial charge in [-0.25, -0.2) is 15.0 Å². The number of benzene rings is 2. The molecule has 0 unspecified atom stereocenters. The van der Waals surface area contributed by atoms with Crippen LogP contribution in [0.1, 0.15) is 30.8 Å². The molecular weight excluding hydrogens is 574 g/mol. The third-order valence-corrected chi connectivity index (χ3v) is 9.40. The van der Waals surface area contributed by atoms with Crippen molar-refractivity contribution in [1.82, 2.24) is 24.4 Å². The van der Waals surface area contributed by atoms with Gasteiger partial charge in [-0.2, -0.15) is 0 Å². The summed E-state index contributed by atoms with van der Waals surface area (Å²) in [5.74, 6) is 1.45. The van der Waals surface area contributed by atoms with E-state index in [-0.39, 0.29) is 12.1 Å². The molecule has 1 fully saturated rings. The molecule has 10 heteroatoms. The fourth-order valence-corrected chi connectivity index (χ4v) is 7.51. The fourth-order valence-electron chi connectivity index (χ4n) is 5.28. The van der Waals surface area contributed by atoms with E-state index >= 15 is 0 Å². The van der Waals surface area contributed by atoms with Crippen LogP contribution >= 0.6 is 34.7 Å². The van der Waals surface area contributed by atoms with Gasteiger partial charge in [-0.15, -0.1) is 11.3 Å². The number of piperidine rings is 1. The Bertz CT molecular complexity index is 1900. The molecule has 0 spiro atoms. The van der Waals surface area contributed by atoms with Crippen LogP contribution in [-0.4, -0.2) is 37.5 Å². The first-order chi connectivity index (χ1) is 20.1. The summed E-state index contributed by atoms with van der Waals surface area (Å²) in [6.07, 6.45) is 5.28. The van der Waals surface area contributed by atoms with E-state index in [1.807, 2.05) is 30.3 Å². The molecule has 0 atom stereocenters. The van der Waals surface area contributed by atoms with Gasteiger partial charge in [0, 0.05) is 16.0 Å². The zero-order chi connectivity index (χ0) is 27.8. The van der Waals surface area contributed by atoms with Gasteiger partial charge in [-0.1, -0.05) is 48.4 Å². The second-order valence-corrected chi connectivity index (χ2v) is 12.4. The molecule has 0 bridgehead atoms. The third-order valence-electron chi connectivity index (χ3n) is 7.31. The van der Waals surface area contributed by atoms with Crippen molar-refractivity contribution in [3.63, 3.8) is 0 Å². The maximum absolute atomic E-state index is 13.8. The molecule has 7 nitrogen and oxygen atoms in total. The summed E-state index contributed by atoms with van der Waals surface area (Å²) in [4.78, 5) is 32.2. The van der Waals surface area contributed by atoms with Crippen molar-refractivity contribution in [3.8, 4) is 11.1 Å². The van der Waals surface area contributed by atoms with Crippen LogP contribution in [0.25, 0.3) is 32.2 Å². The summed E-state index contributed by atoms with van der Waals surface area (Å²) in [5.41, 5.74) is 2.56. The lowest BCUT2D eigenvalue weighted by Gasteiger charge is -2.25. The molecule has 0 aliphatic carbocycles. The smallest absolute Gasteiger partial charge is 0.262 e. The normalized spacial score (nSPS) is 14.3. The quantitative estimate of drug-likeness (QED) is 0.139. The molecular formula is C31H26ClN5O2S2. The molecule has 41 heavy (non-hydrogen) atoms. The average Bonchev–Trinajstić information content (AvgIpc) is 3.66. The van der Waals surface area contributed by atoms with Crippen LogP contribution in [0.15, 0.2) is 91.7 Å². The fraction of sp³-hybridized carbons (Fsp3) is 0.226. The van der Waals surface area contributed by atoms with E-state index in [4.69, 9.17) is 31.0 Å². The van der Waals surface area contributed by atoms with Gasteiger partial charge in [-0.3, -0.25) is 14.3 Å². The standard InChI is InChI=1S/C31H26ClN5O2S2/c32-21-11-12-23-25(16-21)33-31(37(30(23)38)17-22-10-7-15-39-22)41-29-27-24(20-8-3-1-4-9-20)19-40-28(27)34-26(35-29)18-36-13-5-2-6-14-36/h1,3-4,7-12,15-16,19H,2,5-6,13-14,17-18H2. The molecule has 5 heterocycles. The van der Waals surface area contributed by atoms with Gasteiger partial charge in [0.15, 0.2) is 5.16 Å². The van der Waals surface area contributed by atoms with Crippen molar-refractivity contribution in [1.29, 1.82) is 0 Å². The van der Waals surface area contributed by atoms with E-state index in [1.54, 1.807) is 40.4 Å². The Morgan fingerprint density at radius 1 is 0.951 bits per heavy atom. The average molecular weight is 600 g/mol. The highest BCUT2D eigenvalue weighted by Crippen LogP contribution is 2.40. The van der Waals surface area contributed by atoms with Crippen LogP contribution in [0.2, 0.25) is 5.02 Å². The Balaban J connectivity index is 1.40. The van der Waals surface area contributed by atoms with Gasteiger partial charge in [-0.05, 0) is 73.6 Å². The lowest BCUT2D eigenvalue weighted by molar-refractivity contribution is 0.216. The summed E-state index contributed by atoms with van der Waals surface area (Å²) in [6.45, 7) is 3.06. The number of thiophene rings is 1. The van der Waals surface area contributed by atoms with Gasteiger partial charge in [0.1, 0.15) is 21.4 Å². The van der Waals surface area contributed by atoms with E-state index in [9.17, 15) is 4.79 Å². The number of halogens is 1. The monoisotopic (exact) mass is 599 g/mol. The van der Waals surface area contributed by atoms with Crippen molar-refractivity contribution >= 4 is 55.8 Å². The predicted octanol–water partition coefficient (Wildman–Crippen LogP) is 7.50. The highest BCUT2D eigenvalue weighted by atomic mass is 35.5. The SMILES string of the molecule is O=c1c2ccc(Cl)cc2nc(Sc2nc(CN3CCCCC3)nc3scc(-c4ccccc4)c23)n1Cc1ccco1.